The van der Waals surface area contributed by atoms with Crippen molar-refractivity contribution in [3.63, 3.8) is 0 Å². The minimum absolute atomic E-state index is 0.00462. The highest BCUT2D eigenvalue weighted by molar-refractivity contribution is 7.89. The second kappa shape index (κ2) is 5.52. The van der Waals surface area contributed by atoms with Crippen LogP contribution in [0.1, 0.15) is 24.2 Å². The Bertz CT molecular complexity index is 509. The molecule has 2 N–H and O–H groups in total. The summed E-state index contributed by atoms with van der Waals surface area (Å²) >= 11 is 5.66. The lowest BCUT2D eigenvalue weighted by atomic mass is 10.3. The Labute approximate surface area is 104 Å². The van der Waals surface area contributed by atoms with E-state index in [0.29, 0.717) is 6.54 Å². The van der Waals surface area contributed by atoms with Crippen molar-refractivity contribution in [1.29, 1.82) is 0 Å². The topological polar surface area (TPSA) is 88.4 Å². The fourth-order valence-corrected chi connectivity index (χ4v) is 2.41. The van der Waals surface area contributed by atoms with Gasteiger partial charge < -0.3 is 9.73 Å². The van der Waals surface area contributed by atoms with Gasteiger partial charge in [-0.25, -0.2) is 13.1 Å². The number of carbonyl (C=O) groups excluding carboxylic acids is 1. The van der Waals surface area contributed by atoms with Crippen LogP contribution < -0.4 is 10.0 Å². The highest BCUT2D eigenvalue weighted by Gasteiger charge is 2.23. The van der Waals surface area contributed by atoms with E-state index in [4.69, 9.17) is 16.0 Å². The highest BCUT2D eigenvalue weighted by Crippen LogP contribution is 2.24. The van der Waals surface area contributed by atoms with Crippen LogP contribution in [0.5, 0.6) is 0 Å². The van der Waals surface area contributed by atoms with Gasteiger partial charge in [0.2, 0.25) is 10.3 Å². The molecule has 0 bridgehead atoms. The Hall–Kier alpha value is -1.05. The molecule has 6 nitrogen and oxygen atoms in total. The molecule has 1 amide bonds. The fourth-order valence-electron chi connectivity index (χ4n) is 1.15. The van der Waals surface area contributed by atoms with Gasteiger partial charge in [0.1, 0.15) is 0 Å². The molecule has 0 aliphatic rings. The summed E-state index contributed by atoms with van der Waals surface area (Å²) in [7, 11) is -3.74. The first-order valence-corrected chi connectivity index (χ1v) is 6.85. The Kier molecular flexibility index (Phi) is 4.55. The molecule has 0 unspecified atom stereocenters. The van der Waals surface area contributed by atoms with Gasteiger partial charge in [0.15, 0.2) is 0 Å². The number of carbonyl (C=O) groups is 1. The summed E-state index contributed by atoms with van der Waals surface area (Å²) in [5.74, 6) is -0.473. The minimum atomic E-state index is -3.74. The first kappa shape index (κ1) is 14.0. The normalized spacial score (nSPS) is 11.5. The molecule has 96 valence electrons. The molecule has 0 saturated heterocycles. The van der Waals surface area contributed by atoms with Gasteiger partial charge in [-0.2, -0.15) is 0 Å². The maximum absolute atomic E-state index is 11.6. The summed E-state index contributed by atoms with van der Waals surface area (Å²) in [4.78, 5) is 11.5. The molecule has 0 saturated carbocycles. The van der Waals surface area contributed by atoms with Crippen molar-refractivity contribution in [3.05, 3.63) is 16.8 Å². The van der Waals surface area contributed by atoms with Gasteiger partial charge in [-0.3, -0.25) is 4.79 Å². The Morgan fingerprint density at radius 2 is 2.06 bits per heavy atom. The number of amides is 1. The second-order valence-electron chi connectivity index (χ2n) is 3.11. The smallest absolute Gasteiger partial charge is 0.274 e. The maximum atomic E-state index is 11.6. The monoisotopic (exact) mass is 280 g/mol. The maximum Gasteiger partial charge on any atom is 0.274 e. The van der Waals surface area contributed by atoms with Crippen LogP contribution in [0.25, 0.3) is 0 Å². The molecule has 0 fully saturated rings. The van der Waals surface area contributed by atoms with Crippen LogP contribution in [0.3, 0.4) is 0 Å². The number of sulfonamides is 1. The van der Waals surface area contributed by atoms with Crippen molar-refractivity contribution < 1.29 is 17.6 Å². The molecule has 1 aromatic rings. The van der Waals surface area contributed by atoms with Gasteiger partial charge in [-0.15, -0.1) is 0 Å². The lowest BCUT2D eigenvalue weighted by Gasteiger charge is -1.98. The van der Waals surface area contributed by atoms with E-state index in [-0.39, 0.29) is 22.4 Å². The van der Waals surface area contributed by atoms with Gasteiger partial charge in [0.25, 0.3) is 15.9 Å². The van der Waals surface area contributed by atoms with Gasteiger partial charge in [-0.1, -0.05) is 6.92 Å². The molecule has 0 aliphatic heterocycles. The van der Waals surface area contributed by atoms with Crippen molar-refractivity contribution in [1.82, 2.24) is 10.0 Å². The molecular formula is C9H13ClN2O4S. The third kappa shape index (κ3) is 3.21. The second-order valence-corrected chi connectivity index (χ2v) is 5.15. The number of furan rings is 1. The summed E-state index contributed by atoms with van der Waals surface area (Å²) in [6, 6.07) is 1.10. The largest absolute Gasteiger partial charge is 0.431 e. The quantitative estimate of drug-likeness (QED) is 0.841. The summed E-state index contributed by atoms with van der Waals surface area (Å²) in [5.41, 5.74) is 0.00462. The highest BCUT2D eigenvalue weighted by atomic mass is 35.5. The third-order valence-corrected chi connectivity index (χ3v) is 3.53. The number of hydrogen-bond acceptors (Lipinski definition) is 4. The molecule has 17 heavy (non-hydrogen) atoms. The van der Waals surface area contributed by atoms with Crippen molar-refractivity contribution in [2.45, 2.75) is 18.9 Å². The molecule has 0 atom stereocenters. The number of nitrogens with one attached hydrogen (secondary N) is 2. The molecule has 8 heteroatoms. The number of halogens is 1. The Morgan fingerprint density at radius 1 is 1.41 bits per heavy atom. The zero-order chi connectivity index (χ0) is 13.1. The summed E-state index contributed by atoms with van der Waals surface area (Å²) in [5, 5.41) is 1.89. The van der Waals surface area contributed by atoms with Crippen LogP contribution in [-0.2, 0) is 10.0 Å². The van der Waals surface area contributed by atoms with Crippen molar-refractivity contribution in [2.24, 2.45) is 0 Å². The minimum Gasteiger partial charge on any atom is -0.431 e. The first-order chi connectivity index (χ1) is 7.92. The van der Waals surface area contributed by atoms with Crippen LogP contribution in [0.4, 0.5) is 0 Å². The Balaban J connectivity index is 3.08. The summed E-state index contributed by atoms with van der Waals surface area (Å²) < 4.78 is 30.3. The zero-order valence-electron chi connectivity index (χ0n) is 9.41. The predicted molar refractivity (Wildman–Crippen MR) is 62.6 cm³/mol. The average Bonchev–Trinajstić information content (AvgIpc) is 2.61. The molecule has 0 aliphatic carbocycles. The SMILES string of the molecule is CCNC(=O)c1cc(S(=O)(=O)NCC)oc1Cl. The van der Waals surface area contributed by atoms with Crippen molar-refractivity contribution in [3.8, 4) is 0 Å². The molecule has 1 rings (SSSR count). The third-order valence-electron chi connectivity index (χ3n) is 1.85. The van der Waals surface area contributed by atoms with E-state index in [9.17, 15) is 13.2 Å². The van der Waals surface area contributed by atoms with Gasteiger partial charge >= 0.3 is 0 Å². The zero-order valence-corrected chi connectivity index (χ0v) is 11.0. The first-order valence-electron chi connectivity index (χ1n) is 4.99. The molecule has 0 aromatic carbocycles. The van der Waals surface area contributed by atoms with Gasteiger partial charge in [0.05, 0.1) is 5.56 Å². The van der Waals surface area contributed by atoms with Crippen molar-refractivity contribution >= 4 is 27.5 Å². The van der Waals surface area contributed by atoms with Gasteiger partial charge in [-0.05, 0) is 18.5 Å². The molecular weight excluding hydrogens is 268 g/mol. The van der Waals surface area contributed by atoms with E-state index < -0.39 is 15.9 Å². The van der Waals surface area contributed by atoms with Crippen LogP contribution in [0.15, 0.2) is 15.6 Å². The number of rotatable bonds is 5. The van der Waals surface area contributed by atoms with E-state index in [1.165, 1.54) is 0 Å². The van der Waals surface area contributed by atoms with E-state index in [0.717, 1.165) is 6.07 Å². The number of hydrogen-bond donors (Lipinski definition) is 2. The van der Waals surface area contributed by atoms with E-state index in [1.54, 1.807) is 13.8 Å². The van der Waals surface area contributed by atoms with E-state index in [1.807, 2.05) is 0 Å². The molecule has 1 aromatic heterocycles. The predicted octanol–water partition coefficient (Wildman–Crippen LogP) is 0.981. The lowest BCUT2D eigenvalue weighted by molar-refractivity contribution is 0.0955. The molecule has 1 heterocycles. The Morgan fingerprint density at radius 3 is 2.59 bits per heavy atom. The molecule has 0 spiro atoms. The van der Waals surface area contributed by atoms with E-state index >= 15 is 0 Å². The van der Waals surface area contributed by atoms with E-state index in [2.05, 4.69) is 10.0 Å². The fraction of sp³-hybridized carbons (Fsp3) is 0.444. The lowest BCUT2D eigenvalue weighted by Crippen LogP contribution is -2.23. The standard InChI is InChI=1S/C9H13ClN2O4S/c1-3-11-9(13)6-5-7(16-8(6)10)17(14,15)12-4-2/h5,12H,3-4H2,1-2H3,(H,11,13). The molecule has 0 radical (unpaired) electrons. The summed E-state index contributed by atoms with van der Waals surface area (Å²) in [6.45, 7) is 4.00. The van der Waals surface area contributed by atoms with Crippen molar-refractivity contribution in [2.75, 3.05) is 13.1 Å². The van der Waals surface area contributed by atoms with Crippen LogP contribution in [0.2, 0.25) is 5.22 Å². The average molecular weight is 281 g/mol. The van der Waals surface area contributed by atoms with Crippen LogP contribution in [-0.4, -0.2) is 27.4 Å². The van der Waals surface area contributed by atoms with Gasteiger partial charge in [0, 0.05) is 19.2 Å². The van der Waals surface area contributed by atoms with Crippen LogP contribution in [0, 0.1) is 0 Å². The van der Waals surface area contributed by atoms with Crippen LogP contribution >= 0.6 is 11.6 Å². The summed E-state index contributed by atoms with van der Waals surface area (Å²) in [6.07, 6.45) is 0.